The average Bonchev–Trinajstić information content (AvgIpc) is 2.37. The maximum Gasteiger partial charge on any atom is 0.328 e. The van der Waals surface area contributed by atoms with Crippen LogP contribution in [-0.4, -0.2) is 31.6 Å². The molecule has 5 heteroatoms. The summed E-state index contributed by atoms with van der Waals surface area (Å²) in [4.78, 5) is 23.2. The molecule has 17 heavy (non-hydrogen) atoms. The average molecular weight is 242 g/mol. The van der Waals surface area contributed by atoms with E-state index in [9.17, 15) is 9.59 Å². The summed E-state index contributed by atoms with van der Waals surface area (Å²) in [5.74, 6) is -0.300. The molecule has 0 spiro atoms. The Morgan fingerprint density at radius 3 is 2.65 bits per heavy atom. The van der Waals surface area contributed by atoms with Gasteiger partial charge < -0.3 is 15.8 Å². The van der Waals surface area contributed by atoms with Gasteiger partial charge in [0, 0.05) is 5.92 Å². The molecule has 1 rings (SSSR count). The number of amides is 1. The molecular formula is C12H22N2O3. The highest BCUT2D eigenvalue weighted by Gasteiger charge is 2.31. The lowest BCUT2D eigenvalue weighted by Gasteiger charge is -2.30. The normalized spacial score (nSPS) is 26.1. The van der Waals surface area contributed by atoms with Crippen molar-refractivity contribution in [3.8, 4) is 0 Å². The highest BCUT2D eigenvalue weighted by molar-refractivity contribution is 5.85. The van der Waals surface area contributed by atoms with E-state index in [0.29, 0.717) is 6.54 Å². The van der Waals surface area contributed by atoms with Crippen molar-refractivity contribution in [2.75, 3.05) is 13.7 Å². The van der Waals surface area contributed by atoms with Crippen molar-refractivity contribution in [3.05, 3.63) is 0 Å². The molecule has 0 bridgehead atoms. The van der Waals surface area contributed by atoms with Gasteiger partial charge >= 0.3 is 5.97 Å². The molecule has 1 amide bonds. The highest BCUT2D eigenvalue weighted by atomic mass is 16.5. The summed E-state index contributed by atoms with van der Waals surface area (Å²) in [6, 6.07) is -0.590. The Hall–Kier alpha value is -1.10. The summed E-state index contributed by atoms with van der Waals surface area (Å²) < 4.78 is 4.58. The Bertz CT molecular complexity index is 281. The van der Waals surface area contributed by atoms with E-state index in [1.54, 1.807) is 6.92 Å². The molecule has 0 saturated heterocycles. The first kappa shape index (κ1) is 14.0. The highest BCUT2D eigenvalue weighted by Crippen LogP contribution is 2.29. The van der Waals surface area contributed by atoms with Crippen LogP contribution in [0.4, 0.5) is 0 Å². The van der Waals surface area contributed by atoms with Crippen molar-refractivity contribution in [2.24, 2.45) is 17.6 Å². The third kappa shape index (κ3) is 3.70. The second kappa shape index (κ2) is 6.59. The van der Waals surface area contributed by atoms with Crippen molar-refractivity contribution < 1.29 is 14.3 Å². The number of nitrogens with one attached hydrogen (secondary N) is 1. The van der Waals surface area contributed by atoms with Gasteiger partial charge in [0.15, 0.2) is 0 Å². The fourth-order valence-corrected chi connectivity index (χ4v) is 2.39. The predicted octanol–water partition coefficient (Wildman–Crippen LogP) is 0.429. The third-order valence-electron chi connectivity index (χ3n) is 3.46. The van der Waals surface area contributed by atoms with E-state index in [-0.39, 0.29) is 17.7 Å². The number of methoxy groups -OCH3 is 1. The summed E-state index contributed by atoms with van der Waals surface area (Å²) in [5, 5.41) is 2.70. The minimum absolute atomic E-state index is 0.0548. The van der Waals surface area contributed by atoms with Crippen LogP contribution in [0, 0.1) is 11.8 Å². The first-order valence-electron chi connectivity index (χ1n) is 6.18. The van der Waals surface area contributed by atoms with Gasteiger partial charge in [-0.05, 0) is 32.2 Å². The summed E-state index contributed by atoms with van der Waals surface area (Å²) >= 11 is 0. The van der Waals surface area contributed by atoms with Gasteiger partial charge in [0.2, 0.25) is 5.91 Å². The minimum atomic E-state index is -0.590. The maximum absolute atomic E-state index is 12.0. The van der Waals surface area contributed by atoms with E-state index in [2.05, 4.69) is 10.1 Å². The van der Waals surface area contributed by atoms with Crippen LogP contribution >= 0.6 is 0 Å². The van der Waals surface area contributed by atoms with Crippen LogP contribution in [0.15, 0.2) is 0 Å². The second-order valence-corrected chi connectivity index (χ2v) is 4.64. The van der Waals surface area contributed by atoms with Crippen molar-refractivity contribution in [3.63, 3.8) is 0 Å². The van der Waals surface area contributed by atoms with Crippen LogP contribution < -0.4 is 11.1 Å². The topological polar surface area (TPSA) is 81.4 Å². The first-order chi connectivity index (χ1) is 8.10. The number of ether oxygens (including phenoxy) is 1. The number of carbonyl (C=O) groups excluding carboxylic acids is 2. The molecule has 5 nitrogen and oxygen atoms in total. The molecule has 2 unspecified atom stereocenters. The second-order valence-electron chi connectivity index (χ2n) is 4.64. The van der Waals surface area contributed by atoms with Crippen LogP contribution in [0.1, 0.15) is 32.6 Å². The number of nitrogens with two attached hydrogens (primary N) is 1. The molecule has 1 fully saturated rings. The third-order valence-corrected chi connectivity index (χ3v) is 3.46. The van der Waals surface area contributed by atoms with Gasteiger partial charge in [-0.15, -0.1) is 0 Å². The zero-order chi connectivity index (χ0) is 12.8. The summed E-state index contributed by atoms with van der Waals surface area (Å²) in [6.45, 7) is 2.16. The smallest absolute Gasteiger partial charge is 0.328 e. The van der Waals surface area contributed by atoms with Gasteiger partial charge in [-0.3, -0.25) is 4.79 Å². The lowest BCUT2D eigenvalue weighted by atomic mass is 9.78. The van der Waals surface area contributed by atoms with Gasteiger partial charge in [0.25, 0.3) is 0 Å². The molecule has 98 valence electrons. The fourth-order valence-electron chi connectivity index (χ4n) is 2.39. The van der Waals surface area contributed by atoms with Crippen LogP contribution in [0.3, 0.4) is 0 Å². The van der Waals surface area contributed by atoms with Crippen molar-refractivity contribution in [1.29, 1.82) is 0 Å². The summed E-state index contributed by atoms with van der Waals surface area (Å²) in [5.41, 5.74) is 5.68. The van der Waals surface area contributed by atoms with E-state index in [1.165, 1.54) is 7.11 Å². The molecule has 0 radical (unpaired) electrons. The first-order valence-corrected chi connectivity index (χ1v) is 6.18. The Balaban J connectivity index is 2.53. The van der Waals surface area contributed by atoms with E-state index in [1.807, 2.05) is 0 Å². The van der Waals surface area contributed by atoms with Gasteiger partial charge in [0.05, 0.1) is 7.11 Å². The zero-order valence-corrected chi connectivity index (χ0v) is 10.6. The maximum atomic E-state index is 12.0. The van der Waals surface area contributed by atoms with Crippen LogP contribution in [0.2, 0.25) is 0 Å². The van der Waals surface area contributed by atoms with Crippen molar-refractivity contribution in [2.45, 2.75) is 38.6 Å². The molecule has 0 aromatic carbocycles. The molecule has 1 aliphatic carbocycles. The largest absolute Gasteiger partial charge is 0.467 e. The number of hydrogen-bond acceptors (Lipinski definition) is 4. The number of carbonyl (C=O) groups is 2. The van der Waals surface area contributed by atoms with Crippen LogP contribution in [0.25, 0.3) is 0 Å². The van der Waals surface area contributed by atoms with Gasteiger partial charge in [0.1, 0.15) is 6.04 Å². The lowest BCUT2D eigenvalue weighted by molar-refractivity contribution is -0.145. The number of hydrogen-bond donors (Lipinski definition) is 2. The molecule has 3 atom stereocenters. The molecule has 0 aliphatic heterocycles. The Kier molecular flexibility index (Phi) is 5.41. The Morgan fingerprint density at radius 2 is 2.06 bits per heavy atom. The minimum Gasteiger partial charge on any atom is -0.467 e. The number of esters is 1. The van der Waals surface area contributed by atoms with E-state index < -0.39 is 12.0 Å². The molecule has 0 aromatic rings. The molecule has 1 saturated carbocycles. The lowest BCUT2D eigenvalue weighted by Crippen LogP contribution is -2.45. The van der Waals surface area contributed by atoms with Gasteiger partial charge in [-0.25, -0.2) is 4.79 Å². The fraction of sp³-hybridized carbons (Fsp3) is 0.833. The van der Waals surface area contributed by atoms with Gasteiger partial charge in [-0.2, -0.15) is 0 Å². The zero-order valence-electron chi connectivity index (χ0n) is 10.6. The Labute approximate surface area is 102 Å². The van der Waals surface area contributed by atoms with E-state index in [0.717, 1.165) is 25.7 Å². The van der Waals surface area contributed by atoms with Crippen molar-refractivity contribution in [1.82, 2.24) is 5.32 Å². The van der Waals surface area contributed by atoms with Crippen molar-refractivity contribution >= 4 is 11.9 Å². The van der Waals surface area contributed by atoms with Crippen LogP contribution in [0.5, 0.6) is 0 Å². The summed E-state index contributed by atoms with van der Waals surface area (Å²) in [7, 11) is 1.31. The quantitative estimate of drug-likeness (QED) is 0.700. The molecule has 0 heterocycles. The standard InChI is InChI=1S/C12H22N2O3/c1-8(12(16)17-2)14-11(15)10-6-4-3-5-9(10)7-13/h8-10H,3-7,13H2,1-2H3,(H,14,15)/t8-,9?,10?/m0/s1. The number of rotatable bonds is 4. The van der Waals surface area contributed by atoms with E-state index >= 15 is 0 Å². The Morgan fingerprint density at radius 1 is 1.41 bits per heavy atom. The molecule has 0 aromatic heterocycles. The molecular weight excluding hydrogens is 220 g/mol. The predicted molar refractivity (Wildman–Crippen MR) is 64.1 cm³/mol. The monoisotopic (exact) mass is 242 g/mol. The van der Waals surface area contributed by atoms with Crippen LogP contribution in [-0.2, 0) is 14.3 Å². The van der Waals surface area contributed by atoms with E-state index in [4.69, 9.17) is 5.73 Å². The van der Waals surface area contributed by atoms with Gasteiger partial charge in [-0.1, -0.05) is 12.8 Å². The summed E-state index contributed by atoms with van der Waals surface area (Å²) in [6.07, 6.45) is 4.06. The molecule has 3 N–H and O–H groups in total. The molecule has 1 aliphatic rings. The SMILES string of the molecule is COC(=O)[C@H](C)NC(=O)C1CCCCC1CN.